The molecule has 8 heteroatoms. The summed E-state index contributed by atoms with van der Waals surface area (Å²) in [6, 6.07) is 15.0. The number of thiophene rings is 1. The first-order valence-corrected chi connectivity index (χ1v) is 11.3. The van der Waals surface area contributed by atoms with E-state index in [9.17, 15) is 9.59 Å². The Kier molecular flexibility index (Phi) is 5.09. The molecule has 0 aliphatic carbocycles. The standard InChI is InChI=1S/C23H17N3O3S2/c1-14-22(25-23(31-14)16-5-2-3-9-24-16)15-7-8-19-17(11-15)26(21(28)13-29-19)12-18(27)20-6-4-10-30-20/h2-11H,12-13H2,1H3. The maximum atomic E-state index is 12.7. The fraction of sp³-hybridized carbons (Fsp3) is 0.130. The lowest BCUT2D eigenvalue weighted by Gasteiger charge is -2.29. The number of carbonyl (C=O) groups excluding carboxylic acids is 2. The van der Waals surface area contributed by atoms with Crippen molar-refractivity contribution in [2.75, 3.05) is 18.1 Å². The molecule has 0 unspecified atom stereocenters. The molecule has 5 rings (SSSR count). The monoisotopic (exact) mass is 447 g/mol. The number of aryl methyl sites for hydroxylation is 1. The summed E-state index contributed by atoms with van der Waals surface area (Å²) in [7, 11) is 0. The second-order valence-electron chi connectivity index (χ2n) is 6.99. The Morgan fingerprint density at radius 2 is 2.10 bits per heavy atom. The highest BCUT2D eigenvalue weighted by Crippen LogP contribution is 2.39. The lowest BCUT2D eigenvalue weighted by atomic mass is 10.1. The fourth-order valence-electron chi connectivity index (χ4n) is 3.44. The number of fused-ring (bicyclic) bond motifs is 1. The van der Waals surface area contributed by atoms with Crippen LogP contribution in [0.5, 0.6) is 5.75 Å². The number of aromatic nitrogens is 2. The Hall–Kier alpha value is -3.36. The first kappa shape index (κ1) is 19.6. The van der Waals surface area contributed by atoms with Gasteiger partial charge in [0.25, 0.3) is 5.91 Å². The van der Waals surface area contributed by atoms with Crippen molar-refractivity contribution in [3.8, 4) is 27.7 Å². The molecule has 0 fully saturated rings. The summed E-state index contributed by atoms with van der Waals surface area (Å²) in [4.78, 5) is 37.6. The van der Waals surface area contributed by atoms with E-state index in [2.05, 4.69) is 4.98 Å². The summed E-state index contributed by atoms with van der Waals surface area (Å²) in [6.45, 7) is 1.91. The van der Waals surface area contributed by atoms with E-state index >= 15 is 0 Å². The number of anilines is 1. The second-order valence-corrected chi connectivity index (χ2v) is 9.14. The lowest BCUT2D eigenvalue weighted by molar-refractivity contribution is -0.121. The van der Waals surface area contributed by atoms with E-state index in [0.717, 1.165) is 26.8 Å². The molecule has 4 heterocycles. The number of ketones is 1. The quantitative estimate of drug-likeness (QED) is 0.409. The molecule has 0 saturated heterocycles. The minimum atomic E-state index is -0.237. The van der Waals surface area contributed by atoms with Crippen LogP contribution in [0.25, 0.3) is 22.0 Å². The third-order valence-corrected chi connectivity index (χ3v) is 6.86. The van der Waals surface area contributed by atoms with Crippen molar-refractivity contribution >= 4 is 40.1 Å². The van der Waals surface area contributed by atoms with Gasteiger partial charge in [0, 0.05) is 16.6 Å². The number of nitrogens with zero attached hydrogens (tertiary/aromatic N) is 3. The van der Waals surface area contributed by atoms with E-state index in [-0.39, 0.29) is 24.8 Å². The number of pyridine rings is 1. The van der Waals surface area contributed by atoms with E-state index in [4.69, 9.17) is 9.72 Å². The normalized spacial score (nSPS) is 13.1. The molecule has 6 nitrogen and oxygen atoms in total. The van der Waals surface area contributed by atoms with Gasteiger partial charge in [0.1, 0.15) is 10.8 Å². The average molecular weight is 448 g/mol. The number of carbonyl (C=O) groups is 2. The summed E-state index contributed by atoms with van der Waals surface area (Å²) in [6.07, 6.45) is 1.75. The third-order valence-electron chi connectivity index (χ3n) is 4.95. The summed E-state index contributed by atoms with van der Waals surface area (Å²) < 4.78 is 5.61. The average Bonchev–Trinajstić information content (AvgIpc) is 3.46. The van der Waals surface area contributed by atoms with Crippen LogP contribution in [0.4, 0.5) is 5.69 Å². The van der Waals surface area contributed by atoms with Crippen LogP contribution < -0.4 is 9.64 Å². The van der Waals surface area contributed by atoms with E-state index in [1.807, 2.05) is 54.8 Å². The molecule has 4 aromatic rings. The second kappa shape index (κ2) is 8.05. The molecule has 0 radical (unpaired) electrons. The summed E-state index contributed by atoms with van der Waals surface area (Å²) in [5.74, 6) is 0.253. The van der Waals surface area contributed by atoms with Gasteiger partial charge in [-0.2, -0.15) is 0 Å². The highest BCUT2D eigenvalue weighted by molar-refractivity contribution is 7.15. The Morgan fingerprint density at radius 1 is 1.19 bits per heavy atom. The zero-order valence-corrected chi connectivity index (χ0v) is 18.2. The number of benzene rings is 1. The van der Waals surface area contributed by atoms with Crippen molar-refractivity contribution in [3.63, 3.8) is 0 Å². The molecular formula is C23H17N3O3S2. The molecule has 0 saturated carbocycles. The number of hydrogen-bond donors (Lipinski definition) is 0. The van der Waals surface area contributed by atoms with Gasteiger partial charge in [-0.15, -0.1) is 22.7 Å². The Morgan fingerprint density at radius 3 is 2.87 bits per heavy atom. The zero-order valence-electron chi connectivity index (χ0n) is 16.6. The number of hydrogen-bond acceptors (Lipinski definition) is 7. The van der Waals surface area contributed by atoms with Gasteiger partial charge in [-0.3, -0.25) is 19.5 Å². The van der Waals surface area contributed by atoms with Gasteiger partial charge in [-0.1, -0.05) is 12.1 Å². The highest BCUT2D eigenvalue weighted by Gasteiger charge is 2.29. The van der Waals surface area contributed by atoms with Crippen molar-refractivity contribution in [3.05, 3.63) is 69.9 Å². The predicted octanol–water partition coefficient (Wildman–Crippen LogP) is 4.85. The molecule has 0 spiro atoms. The van der Waals surface area contributed by atoms with Crippen LogP contribution in [0.15, 0.2) is 60.1 Å². The van der Waals surface area contributed by atoms with Crippen LogP contribution >= 0.6 is 22.7 Å². The minimum absolute atomic E-state index is 0.0195. The minimum Gasteiger partial charge on any atom is -0.482 e. The zero-order chi connectivity index (χ0) is 21.4. The molecule has 0 bridgehead atoms. The number of thiazole rings is 1. The topological polar surface area (TPSA) is 72.4 Å². The molecule has 0 atom stereocenters. The predicted molar refractivity (Wildman–Crippen MR) is 122 cm³/mol. The first-order chi connectivity index (χ1) is 15.1. The van der Waals surface area contributed by atoms with Crippen molar-refractivity contribution < 1.29 is 14.3 Å². The number of Topliss-reactive ketones (excluding diaryl/α,β-unsaturated/α-hetero) is 1. The van der Waals surface area contributed by atoms with Crippen molar-refractivity contribution in [1.82, 2.24) is 9.97 Å². The van der Waals surface area contributed by atoms with Gasteiger partial charge in [0.15, 0.2) is 12.4 Å². The van der Waals surface area contributed by atoms with Crippen molar-refractivity contribution in [2.24, 2.45) is 0 Å². The van der Waals surface area contributed by atoms with Gasteiger partial charge in [0.2, 0.25) is 0 Å². The molecule has 1 aliphatic heterocycles. The largest absolute Gasteiger partial charge is 0.482 e. The van der Waals surface area contributed by atoms with Gasteiger partial charge >= 0.3 is 0 Å². The van der Waals surface area contributed by atoms with E-state index < -0.39 is 0 Å². The smallest absolute Gasteiger partial charge is 0.265 e. The maximum Gasteiger partial charge on any atom is 0.265 e. The SMILES string of the molecule is Cc1sc(-c2ccccn2)nc1-c1ccc2c(c1)N(CC(=O)c1cccs1)C(=O)CO2. The third kappa shape index (κ3) is 3.75. The Bertz CT molecular complexity index is 1270. The van der Waals surface area contributed by atoms with E-state index in [1.54, 1.807) is 23.6 Å². The molecule has 3 aromatic heterocycles. The summed E-state index contributed by atoms with van der Waals surface area (Å²) in [5, 5.41) is 2.69. The molecule has 1 aliphatic rings. The van der Waals surface area contributed by atoms with Crippen LogP contribution in [-0.4, -0.2) is 34.8 Å². The van der Waals surface area contributed by atoms with Crippen LogP contribution in [0.1, 0.15) is 14.5 Å². The molecule has 1 aromatic carbocycles. The number of rotatable bonds is 5. The van der Waals surface area contributed by atoms with Gasteiger partial charge in [-0.25, -0.2) is 4.98 Å². The Labute approximate surface area is 186 Å². The molecule has 154 valence electrons. The highest BCUT2D eigenvalue weighted by atomic mass is 32.1. The lowest BCUT2D eigenvalue weighted by Crippen LogP contribution is -2.41. The number of amides is 1. The van der Waals surface area contributed by atoms with Crippen LogP contribution in [0, 0.1) is 6.92 Å². The molecular weight excluding hydrogens is 430 g/mol. The molecule has 0 N–H and O–H groups in total. The first-order valence-electron chi connectivity index (χ1n) is 9.63. The van der Waals surface area contributed by atoms with Gasteiger partial charge in [0.05, 0.1) is 28.5 Å². The summed E-state index contributed by atoms with van der Waals surface area (Å²) in [5.41, 5.74) is 3.10. The van der Waals surface area contributed by atoms with Crippen LogP contribution in [0.3, 0.4) is 0 Å². The van der Waals surface area contributed by atoms with Crippen LogP contribution in [-0.2, 0) is 4.79 Å². The van der Waals surface area contributed by atoms with Crippen molar-refractivity contribution in [1.29, 1.82) is 0 Å². The van der Waals surface area contributed by atoms with E-state index in [0.29, 0.717) is 16.3 Å². The van der Waals surface area contributed by atoms with Crippen molar-refractivity contribution in [2.45, 2.75) is 6.92 Å². The van der Waals surface area contributed by atoms with Crippen LogP contribution in [0.2, 0.25) is 0 Å². The molecule has 1 amide bonds. The van der Waals surface area contributed by atoms with Gasteiger partial charge < -0.3 is 4.74 Å². The Balaban J connectivity index is 1.51. The fourth-order valence-corrected chi connectivity index (χ4v) is 5.01. The number of ether oxygens (including phenoxy) is 1. The maximum absolute atomic E-state index is 12.7. The van der Waals surface area contributed by atoms with E-state index in [1.165, 1.54) is 16.2 Å². The van der Waals surface area contributed by atoms with Gasteiger partial charge in [-0.05, 0) is 48.7 Å². The molecule has 31 heavy (non-hydrogen) atoms. The summed E-state index contributed by atoms with van der Waals surface area (Å²) >= 11 is 2.94.